The Hall–Kier alpha value is -4.22. The van der Waals surface area contributed by atoms with E-state index in [2.05, 4.69) is 24.1 Å². The van der Waals surface area contributed by atoms with Crippen molar-refractivity contribution in [1.82, 2.24) is 10.6 Å². The van der Waals surface area contributed by atoms with E-state index in [4.69, 9.17) is 15.5 Å². The molecule has 6 N–H and O–H groups in total. The van der Waals surface area contributed by atoms with Crippen molar-refractivity contribution in [3.8, 4) is 5.75 Å². The average molecular weight is 761 g/mol. The van der Waals surface area contributed by atoms with Gasteiger partial charge in [-0.3, -0.25) is 9.59 Å². The SMILES string of the molecule is C=C(C)/C(=C\C(=CC)SC(C)=CC(=CC)C(=O)NCCCCCCNCC(O)C(C)=CC(CO)=C(C)CC)C(=Nc1cccc(OC)c1)/C(=C\C)C(N)=O. The quantitative estimate of drug-likeness (QED) is 0.0308. The number of nitrogens with one attached hydrogen (secondary N) is 2. The lowest BCUT2D eigenvalue weighted by Crippen LogP contribution is -2.28. The van der Waals surface area contributed by atoms with Crippen molar-refractivity contribution in [2.75, 3.05) is 33.4 Å². The number of aliphatic hydroxyl groups excluding tert-OH is 2. The smallest absolute Gasteiger partial charge is 0.250 e. The fourth-order valence-corrected chi connectivity index (χ4v) is 6.08. The third-order valence-electron chi connectivity index (χ3n) is 8.68. The maximum atomic E-state index is 13.0. The number of thioether (sulfide) groups is 1. The monoisotopic (exact) mass is 760 g/mol. The zero-order chi connectivity index (χ0) is 40.6. The maximum Gasteiger partial charge on any atom is 0.250 e. The largest absolute Gasteiger partial charge is 0.497 e. The van der Waals surface area contributed by atoms with Gasteiger partial charge in [0.05, 0.1) is 36.8 Å². The third kappa shape index (κ3) is 17.3. The topological polar surface area (TPSA) is 146 Å². The van der Waals surface area contributed by atoms with E-state index in [1.807, 2.05) is 84.0 Å². The number of carbonyl (C=O) groups is 2. The number of primary amides is 1. The van der Waals surface area contributed by atoms with E-state index in [-0.39, 0.29) is 18.1 Å². The molecule has 9 nitrogen and oxygen atoms in total. The van der Waals surface area contributed by atoms with Gasteiger partial charge in [-0.2, -0.15) is 0 Å². The van der Waals surface area contributed by atoms with E-state index in [1.54, 1.807) is 32.3 Å². The van der Waals surface area contributed by atoms with Gasteiger partial charge in [-0.25, -0.2) is 4.99 Å². The van der Waals surface area contributed by atoms with Crippen LogP contribution < -0.4 is 21.1 Å². The van der Waals surface area contributed by atoms with Crippen molar-refractivity contribution in [3.63, 3.8) is 0 Å². The van der Waals surface area contributed by atoms with Gasteiger partial charge in [0.2, 0.25) is 0 Å². The van der Waals surface area contributed by atoms with E-state index >= 15 is 0 Å². The van der Waals surface area contributed by atoms with Crippen molar-refractivity contribution in [2.45, 2.75) is 93.6 Å². The summed E-state index contributed by atoms with van der Waals surface area (Å²) in [6.45, 7) is 21.3. The van der Waals surface area contributed by atoms with E-state index < -0.39 is 12.0 Å². The van der Waals surface area contributed by atoms with Gasteiger partial charge in [-0.05, 0) is 120 Å². The lowest BCUT2D eigenvalue weighted by Gasteiger charge is -2.15. The van der Waals surface area contributed by atoms with Crippen LogP contribution in [0.3, 0.4) is 0 Å². The molecule has 0 fully saturated rings. The second kappa shape index (κ2) is 26.5. The number of amides is 2. The molecule has 2 amide bonds. The van der Waals surface area contributed by atoms with Gasteiger partial charge in [-0.15, -0.1) is 0 Å². The molecule has 0 spiro atoms. The second-order valence-corrected chi connectivity index (χ2v) is 14.3. The minimum absolute atomic E-state index is 0.0281. The molecule has 0 heterocycles. The highest BCUT2D eigenvalue weighted by Gasteiger charge is 2.19. The van der Waals surface area contributed by atoms with Crippen LogP contribution in [0.25, 0.3) is 0 Å². The summed E-state index contributed by atoms with van der Waals surface area (Å²) >= 11 is 1.50. The summed E-state index contributed by atoms with van der Waals surface area (Å²) in [5.41, 5.74) is 11.8. The van der Waals surface area contributed by atoms with Crippen molar-refractivity contribution in [3.05, 3.63) is 116 Å². The van der Waals surface area contributed by atoms with Crippen molar-refractivity contribution in [2.24, 2.45) is 10.7 Å². The molecule has 1 unspecified atom stereocenters. The van der Waals surface area contributed by atoms with Gasteiger partial charge < -0.3 is 31.3 Å². The number of hydrogen-bond acceptors (Lipinski definition) is 8. The molecule has 0 aliphatic carbocycles. The molecular weight excluding hydrogens is 697 g/mol. The molecule has 1 aromatic rings. The zero-order valence-corrected chi connectivity index (χ0v) is 34.8. The Morgan fingerprint density at radius 2 is 1.67 bits per heavy atom. The second-order valence-electron chi connectivity index (χ2n) is 13.0. The summed E-state index contributed by atoms with van der Waals surface area (Å²) in [7, 11) is 1.58. The van der Waals surface area contributed by atoms with Crippen LogP contribution in [0.5, 0.6) is 5.75 Å². The number of unbranched alkanes of at least 4 members (excludes halogenated alkanes) is 3. The number of hydrogen-bond donors (Lipinski definition) is 5. The summed E-state index contributed by atoms with van der Waals surface area (Å²) in [6, 6.07) is 7.25. The number of aliphatic hydroxyl groups is 2. The molecule has 0 bridgehead atoms. The van der Waals surface area contributed by atoms with Gasteiger partial charge >= 0.3 is 0 Å². The Morgan fingerprint density at radius 3 is 2.22 bits per heavy atom. The van der Waals surface area contributed by atoms with E-state index in [9.17, 15) is 19.8 Å². The van der Waals surface area contributed by atoms with Gasteiger partial charge in [0.15, 0.2) is 0 Å². The third-order valence-corrected chi connectivity index (χ3v) is 9.71. The number of rotatable bonds is 24. The number of carbonyl (C=O) groups excluding carboxylic acids is 2. The fourth-order valence-electron chi connectivity index (χ4n) is 5.23. The van der Waals surface area contributed by atoms with Crippen LogP contribution in [0.1, 0.15) is 87.5 Å². The van der Waals surface area contributed by atoms with Crippen LogP contribution in [-0.4, -0.2) is 67.2 Å². The van der Waals surface area contributed by atoms with Crippen LogP contribution in [0.15, 0.2) is 121 Å². The Labute approximate surface area is 328 Å². The Morgan fingerprint density at radius 1 is 0.981 bits per heavy atom. The molecule has 0 aromatic heterocycles. The minimum Gasteiger partial charge on any atom is -0.497 e. The molecule has 0 aliphatic heterocycles. The first-order valence-corrected chi connectivity index (χ1v) is 19.5. The van der Waals surface area contributed by atoms with Gasteiger partial charge in [-0.1, -0.05) is 74.0 Å². The van der Waals surface area contributed by atoms with Crippen molar-refractivity contribution < 1.29 is 24.5 Å². The van der Waals surface area contributed by atoms with Crippen LogP contribution >= 0.6 is 11.8 Å². The standard InChI is InChI=1S/C44H64N4O5S/c1-11-31(7)35(29-49)24-32(8)41(50)28-46-22-17-15-16-18-23-47-44(52)34(12-2)25-33(9)54-38(13-3)27-40(30(5)6)42(39(14-4)43(45)51)48-36-20-19-21-37(26-36)53-10/h12-14,19-21,24-27,41,46,49-50H,5,11,15-18,22-23,28-29H2,1-4,6-10H3,(H2,45,51)(H,47,52)/b32-24?,33-25?,34-12?,35-31?,38-13?,39-14+,40-27+,48-42?. The lowest BCUT2D eigenvalue weighted by molar-refractivity contribution is -0.117. The number of nitrogens with two attached hydrogens (primary N) is 1. The molecule has 0 radical (unpaired) electrons. The zero-order valence-electron chi connectivity index (χ0n) is 34.0. The fraction of sp³-hybridized carbons (Fsp3) is 0.432. The minimum atomic E-state index is -0.601. The van der Waals surface area contributed by atoms with Crippen LogP contribution in [-0.2, 0) is 9.59 Å². The van der Waals surface area contributed by atoms with E-state index in [0.717, 1.165) is 65.2 Å². The first kappa shape index (κ1) is 47.8. The average Bonchev–Trinajstić information content (AvgIpc) is 3.15. The lowest BCUT2D eigenvalue weighted by atomic mass is 9.96. The van der Waals surface area contributed by atoms with Gasteiger partial charge in [0.25, 0.3) is 11.8 Å². The molecular formula is C44H64N4O5S. The molecule has 296 valence electrons. The molecule has 1 atom stereocenters. The van der Waals surface area contributed by atoms with Crippen LogP contribution in [0, 0.1) is 0 Å². The van der Waals surface area contributed by atoms with E-state index in [1.165, 1.54) is 11.8 Å². The summed E-state index contributed by atoms with van der Waals surface area (Å²) < 4.78 is 5.36. The summed E-state index contributed by atoms with van der Waals surface area (Å²) in [5.74, 6) is -0.0908. The highest BCUT2D eigenvalue weighted by molar-refractivity contribution is 8.06. The van der Waals surface area contributed by atoms with Crippen molar-refractivity contribution in [1.29, 1.82) is 0 Å². The number of ether oxygens (including phenoxy) is 1. The summed E-state index contributed by atoms with van der Waals surface area (Å²) in [5, 5.41) is 26.4. The predicted octanol–water partition coefficient (Wildman–Crippen LogP) is 8.48. The number of aliphatic imine (C=N–C) groups is 1. The van der Waals surface area contributed by atoms with Crippen LogP contribution in [0.2, 0.25) is 0 Å². The van der Waals surface area contributed by atoms with Crippen molar-refractivity contribution >= 4 is 35.0 Å². The number of methoxy groups -OCH3 is 1. The molecule has 1 rings (SSSR count). The van der Waals surface area contributed by atoms with Crippen LogP contribution in [0.4, 0.5) is 5.69 Å². The number of nitrogens with zero attached hydrogens (tertiary/aromatic N) is 1. The first-order valence-electron chi connectivity index (χ1n) is 18.7. The maximum absolute atomic E-state index is 13.0. The Balaban J connectivity index is 2.83. The molecule has 0 aliphatic rings. The molecule has 0 saturated carbocycles. The molecule has 0 saturated heterocycles. The Bertz CT molecular complexity index is 1680. The molecule has 54 heavy (non-hydrogen) atoms. The molecule has 1 aromatic carbocycles. The summed E-state index contributed by atoms with van der Waals surface area (Å²) in [6.07, 6.45) is 15.2. The van der Waals surface area contributed by atoms with E-state index in [0.29, 0.717) is 47.0 Å². The number of allylic oxidation sites excluding steroid dienone is 8. The highest BCUT2D eigenvalue weighted by Crippen LogP contribution is 2.31. The summed E-state index contributed by atoms with van der Waals surface area (Å²) in [4.78, 5) is 32.2. The van der Waals surface area contributed by atoms with Gasteiger partial charge in [0, 0.05) is 35.2 Å². The number of benzene rings is 1. The molecule has 10 heteroatoms. The first-order chi connectivity index (χ1) is 25.8. The predicted molar refractivity (Wildman–Crippen MR) is 229 cm³/mol. The Kier molecular flexibility index (Phi) is 23.5. The van der Waals surface area contributed by atoms with Gasteiger partial charge in [0.1, 0.15) is 5.75 Å². The highest BCUT2D eigenvalue weighted by atomic mass is 32.2. The normalized spacial score (nSPS) is 14.8.